The molecule has 0 amide bonds. The molecule has 3 nitrogen and oxygen atoms in total. The fourth-order valence-electron chi connectivity index (χ4n) is 3.13. The molecule has 0 N–H and O–H groups in total. The average Bonchev–Trinajstić information content (AvgIpc) is 2.99. The fourth-order valence-corrected chi connectivity index (χ4v) is 3.13. The number of carbonyl (C=O) groups is 1. The van der Waals surface area contributed by atoms with Crippen molar-refractivity contribution in [1.29, 1.82) is 0 Å². The van der Waals surface area contributed by atoms with Crippen LogP contribution in [0, 0.1) is 0 Å². The minimum absolute atomic E-state index is 0.197. The average molecular weight is 289 g/mol. The standard InChI is InChI=1S/C19H15NO2/c21-19(22-12-15-5-1-2-11-20-15)17-10-9-14-8-7-13-4-3-6-16(17)18(13)14/h1-6,9-11H,7-8,12H2. The number of ether oxygens (including phenoxy) is 1. The molecule has 1 aliphatic rings. The fraction of sp³-hybridized carbons (Fsp3) is 0.158. The van der Waals surface area contributed by atoms with Crippen LogP contribution in [0.25, 0.3) is 10.8 Å². The summed E-state index contributed by atoms with van der Waals surface area (Å²) in [5.41, 5.74) is 4.04. The van der Waals surface area contributed by atoms with Crippen molar-refractivity contribution in [1.82, 2.24) is 4.98 Å². The molecule has 2 aromatic carbocycles. The molecular formula is C19H15NO2. The maximum absolute atomic E-state index is 12.4. The smallest absolute Gasteiger partial charge is 0.339 e. The van der Waals surface area contributed by atoms with Gasteiger partial charge in [-0.15, -0.1) is 0 Å². The summed E-state index contributed by atoms with van der Waals surface area (Å²) in [4.78, 5) is 16.6. The normalized spacial score (nSPS) is 12.5. The van der Waals surface area contributed by atoms with Gasteiger partial charge in [-0.25, -0.2) is 4.79 Å². The minimum Gasteiger partial charge on any atom is -0.456 e. The lowest BCUT2D eigenvalue weighted by molar-refractivity contribution is 0.0470. The largest absolute Gasteiger partial charge is 0.456 e. The Hall–Kier alpha value is -2.68. The molecule has 3 aromatic rings. The SMILES string of the molecule is O=C(OCc1ccccn1)c1ccc2c3c(cccc13)CC2. The Bertz CT molecular complexity index is 846. The van der Waals surface area contributed by atoms with E-state index in [1.54, 1.807) is 6.20 Å². The van der Waals surface area contributed by atoms with Gasteiger partial charge in [0.05, 0.1) is 11.3 Å². The summed E-state index contributed by atoms with van der Waals surface area (Å²) in [6.45, 7) is 0.197. The van der Waals surface area contributed by atoms with Gasteiger partial charge < -0.3 is 4.74 Å². The van der Waals surface area contributed by atoms with E-state index in [1.807, 2.05) is 36.4 Å². The van der Waals surface area contributed by atoms with Crippen molar-refractivity contribution in [2.45, 2.75) is 19.4 Å². The van der Waals surface area contributed by atoms with Gasteiger partial charge in [-0.1, -0.05) is 30.3 Å². The summed E-state index contributed by atoms with van der Waals surface area (Å²) < 4.78 is 5.42. The second-order valence-electron chi connectivity index (χ2n) is 5.51. The first kappa shape index (κ1) is 13.0. The molecule has 0 spiro atoms. The number of nitrogens with zero attached hydrogens (tertiary/aromatic N) is 1. The minimum atomic E-state index is -0.291. The van der Waals surface area contributed by atoms with Crippen LogP contribution in [0.2, 0.25) is 0 Å². The molecule has 108 valence electrons. The third kappa shape index (κ3) is 2.15. The van der Waals surface area contributed by atoms with Gasteiger partial charge in [0.1, 0.15) is 6.61 Å². The van der Waals surface area contributed by atoms with Crippen molar-refractivity contribution >= 4 is 16.7 Å². The monoisotopic (exact) mass is 289 g/mol. The summed E-state index contributed by atoms with van der Waals surface area (Å²) in [6, 6.07) is 15.7. The number of benzene rings is 2. The maximum atomic E-state index is 12.4. The molecule has 0 saturated carbocycles. The first-order valence-corrected chi connectivity index (χ1v) is 7.43. The zero-order valence-electron chi connectivity index (χ0n) is 12.1. The van der Waals surface area contributed by atoms with E-state index in [4.69, 9.17) is 4.74 Å². The van der Waals surface area contributed by atoms with Crippen LogP contribution in [0.15, 0.2) is 54.7 Å². The van der Waals surface area contributed by atoms with Crippen molar-refractivity contribution in [3.05, 3.63) is 77.1 Å². The van der Waals surface area contributed by atoms with Gasteiger partial charge >= 0.3 is 5.97 Å². The number of pyridine rings is 1. The van der Waals surface area contributed by atoms with E-state index in [1.165, 1.54) is 16.5 Å². The molecule has 22 heavy (non-hydrogen) atoms. The highest BCUT2D eigenvalue weighted by atomic mass is 16.5. The molecule has 0 radical (unpaired) electrons. The second kappa shape index (κ2) is 5.26. The van der Waals surface area contributed by atoms with Crippen LogP contribution in [0.1, 0.15) is 27.2 Å². The van der Waals surface area contributed by atoms with Crippen LogP contribution in [0.3, 0.4) is 0 Å². The number of aromatic nitrogens is 1. The Labute approximate surface area is 128 Å². The molecule has 1 heterocycles. The Morgan fingerprint density at radius 2 is 1.86 bits per heavy atom. The lowest BCUT2D eigenvalue weighted by atomic mass is 10.00. The lowest BCUT2D eigenvalue weighted by Gasteiger charge is -2.09. The summed E-state index contributed by atoms with van der Waals surface area (Å²) in [7, 11) is 0. The molecule has 1 aliphatic carbocycles. The molecule has 1 aromatic heterocycles. The Morgan fingerprint density at radius 1 is 1.00 bits per heavy atom. The second-order valence-corrected chi connectivity index (χ2v) is 5.51. The van der Waals surface area contributed by atoms with Crippen molar-refractivity contribution in [3.63, 3.8) is 0 Å². The van der Waals surface area contributed by atoms with Crippen LogP contribution >= 0.6 is 0 Å². The molecule has 3 heteroatoms. The zero-order valence-corrected chi connectivity index (χ0v) is 12.1. The number of carbonyl (C=O) groups excluding carboxylic acids is 1. The van der Waals surface area contributed by atoms with Crippen molar-refractivity contribution < 1.29 is 9.53 Å². The van der Waals surface area contributed by atoms with Crippen molar-refractivity contribution in [2.24, 2.45) is 0 Å². The number of rotatable bonds is 3. The van der Waals surface area contributed by atoms with Crippen LogP contribution in [0.4, 0.5) is 0 Å². The van der Waals surface area contributed by atoms with E-state index < -0.39 is 0 Å². The highest BCUT2D eigenvalue weighted by Crippen LogP contribution is 2.33. The van der Waals surface area contributed by atoms with Crippen LogP contribution < -0.4 is 0 Å². The predicted molar refractivity (Wildman–Crippen MR) is 84.7 cm³/mol. The van der Waals surface area contributed by atoms with Gasteiger partial charge in [0.2, 0.25) is 0 Å². The van der Waals surface area contributed by atoms with E-state index in [0.29, 0.717) is 5.56 Å². The van der Waals surface area contributed by atoms with Gasteiger partial charge in [0, 0.05) is 6.20 Å². The van der Waals surface area contributed by atoms with E-state index in [-0.39, 0.29) is 12.6 Å². The summed E-state index contributed by atoms with van der Waals surface area (Å²) in [6.07, 6.45) is 3.81. The number of aryl methyl sites for hydroxylation is 2. The third-order valence-corrected chi connectivity index (χ3v) is 4.17. The van der Waals surface area contributed by atoms with Crippen LogP contribution in [0.5, 0.6) is 0 Å². The van der Waals surface area contributed by atoms with Crippen LogP contribution in [-0.2, 0) is 24.2 Å². The number of hydrogen-bond donors (Lipinski definition) is 0. The quantitative estimate of drug-likeness (QED) is 0.690. The van der Waals surface area contributed by atoms with Gasteiger partial charge in [-0.2, -0.15) is 0 Å². The van der Waals surface area contributed by atoms with Gasteiger partial charge in [0.25, 0.3) is 0 Å². The van der Waals surface area contributed by atoms with E-state index in [9.17, 15) is 4.79 Å². The predicted octanol–water partition coefficient (Wildman–Crippen LogP) is 3.69. The molecular weight excluding hydrogens is 274 g/mol. The highest BCUT2D eigenvalue weighted by Gasteiger charge is 2.19. The first-order chi connectivity index (χ1) is 10.8. The molecule has 0 saturated heterocycles. The van der Waals surface area contributed by atoms with Crippen molar-refractivity contribution in [2.75, 3.05) is 0 Å². The van der Waals surface area contributed by atoms with Crippen molar-refractivity contribution in [3.8, 4) is 0 Å². The van der Waals surface area contributed by atoms with Gasteiger partial charge in [-0.05, 0) is 52.9 Å². The van der Waals surface area contributed by atoms with E-state index in [2.05, 4.69) is 17.1 Å². The molecule has 0 bridgehead atoms. The summed E-state index contributed by atoms with van der Waals surface area (Å²) in [5, 5.41) is 2.23. The molecule has 0 atom stereocenters. The summed E-state index contributed by atoms with van der Waals surface area (Å²) >= 11 is 0. The maximum Gasteiger partial charge on any atom is 0.339 e. The first-order valence-electron chi connectivity index (χ1n) is 7.43. The molecule has 0 aliphatic heterocycles. The Kier molecular flexibility index (Phi) is 3.11. The van der Waals surface area contributed by atoms with Gasteiger partial charge in [0.15, 0.2) is 0 Å². The lowest BCUT2D eigenvalue weighted by Crippen LogP contribution is -2.07. The number of esters is 1. The van der Waals surface area contributed by atoms with Gasteiger partial charge in [-0.3, -0.25) is 4.98 Å². The van der Waals surface area contributed by atoms with E-state index in [0.717, 1.165) is 23.9 Å². The topological polar surface area (TPSA) is 39.2 Å². The Morgan fingerprint density at radius 3 is 2.68 bits per heavy atom. The molecule has 0 fully saturated rings. The summed E-state index contributed by atoms with van der Waals surface area (Å²) in [5.74, 6) is -0.291. The van der Waals surface area contributed by atoms with Crippen LogP contribution in [-0.4, -0.2) is 11.0 Å². The molecule has 0 unspecified atom stereocenters. The third-order valence-electron chi connectivity index (χ3n) is 4.17. The number of hydrogen-bond acceptors (Lipinski definition) is 3. The zero-order chi connectivity index (χ0) is 14.9. The Balaban J connectivity index is 1.66. The molecule has 4 rings (SSSR count). The highest BCUT2D eigenvalue weighted by molar-refractivity contribution is 6.07. The van der Waals surface area contributed by atoms with E-state index >= 15 is 0 Å².